The van der Waals surface area contributed by atoms with E-state index in [1.54, 1.807) is 11.8 Å². The minimum Gasteiger partial charge on any atom is -0.383 e. The number of carbonyl (C=O) groups is 1. The summed E-state index contributed by atoms with van der Waals surface area (Å²) in [6.45, 7) is 6.11. The quantitative estimate of drug-likeness (QED) is 0.678. The number of rotatable bonds is 6. The van der Waals surface area contributed by atoms with Crippen LogP contribution in [0.3, 0.4) is 0 Å². The fourth-order valence-corrected chi connectivity index (χ4v) is 1.79. The number of hydrogen-bond acceptors (Lipinski definition) is 4. The van der Waals surface area contributed by atoms with Gasteiger partial charge in [0.2, 0.25) is 0 Å². The van der Waals surface area contributed by atoms with Crippen LogP contribution in [0.1, 0.15) is 23.0 Å². The number of aryl methyl sites for hydroxylation is 2. The van der Waals surface area contributed by atoms with Crippen LogP contribution in [0.4, 0.5) is 5.82 Å². The van der Waals surface area contributed by atoms with Crippen molar-refractivity contribution in [1.29, 1.82) is 0 Å². The molecule has 0 aliphatic heterocycles. The van der Waals surface area contributed by atoms with E-state index in [-0.39, 0.29) is 0 Å². The van der Waals surface area contributed by atoms with Crippen molar-refractivity contribution in [2.24, 2.45) is 7.05 Å². The summed E-state index contributed by atoms with van der Waals surface area (Å²) in [5, 5.41) is 4.26. The lowest BCUT2D eigenvalue weighted by atomic mass is 10.2. The van der Waals surface area contributed by atoms with Gasteiger partial charge in [-0.25, -0.2) is 0 Å². The Kier molecular flexibility index (Phi) is 4.49. The molecule has 0 aromatic carbocycles. The zero-order valence-electron chi connectivity index (χ0n) is 10.4. The maximum absolute atomic E-state index is 11.0. The number of likely N-dealkylation sites (N-methyl/N-ethyl adjacent to an activating group) is 1. The van der Waals surface area contributed by atoms with Crippen LogP contribution in [0.15, 0.2) is 0 Å². The maximum atomic E-state index is 11.0. The smallest absolute Gasteiger partial charge is 0.155 e. The van der Waals surface area contributed by atoms with E-state index < -0.39 is 0 Å². The lowest BCUT2D eigenvalue weighted by Crippen LogP contribution is -2.29. The van der Waals surface area contributed by atoms with Crippen molar-refractivity contribution < 1.29 is 9.53 Å². The second-order valence-electron chi connectivity index (χ2n) is 3.64. The van der Waals surface area contributed by atoms with Gasteiger partial charge >= 0.3 is 0 Å². The fourth-order valence-electron chi connectivity index (χ4n) is 1.79. The molecule has 0 aliphatic carbocycles. The van der Waals surface area contributed by atoms with Crippen LogP contribution in [-0.4, -0.2) is 42.9 Å². The molecule has 0 amide bonds. The average Bonchev–Trinajstić information content (AvgIpc) is 2.55. The van der Waals surface area contributed by atoms with E-state index in [2.05, 4.69) is 10.00 Å². The third-order valence-corrected chi connectivity index (χ3v) is 2.60. The first-order valence-corrected chi connectivity index (χ1v) is 5.38. The van der Waals surface area contributed by atoms with E-state index >= 15 is 0 Å². The van der Waals surface area contributed by atoms with E-state index in [1.165, 1.54) is 0 Å². The Morgan fingerprint density at radius 3 is 2.75 bits per heavy atom. The maximum Gasteiger partial charge on any atom is 0.155 e. The number of aromatic nitrogens is 2. The first-order chi connectivity index (χ1) is 7.65. The summed E-state index contributed by atoms with van der Waals surface area (Å²) < 4.78 is 6.80. The van der Waals surface area contributed by atoms with Gasteiger partial charge in [0.15, 0.2) is 6.29 Å². The molecule has 0 aliphatic rings. The largest absolute Gasteiger partial charge is 0.383 e. The van der Waals surface area contributed by atoms with Gasteiger partial charge < -0.3 is 9.64 Å². The number of nitrogens with zero attached hydrogens (tertiary/aromatic N) is 3. The monoisotopic (exact) mass is 225 g/mol. The SMILES string of the molecule is CCN(CCOC)c1c(C=O)c(C)nn1C. The van der Waals surface area contributed by atoms with Gasteiger partial charge in [-0.05, 0) is 13.8 Å². The lowest BCUT2D eigenvalue weighted by Gasteiger charge is -2.23. The molecule has 0 bridgehead atoms. The van der Waals surface area contributed by atoms with Crippen LogP contribution in [0.5, 0.6) is 0 Å². The molecule has 1 heterocycles. The molecule has 90 valence electrons. The molecule has 1 rings (SSSR count). The molecule has 0 spiro atoms. The molecule has 0 fully saturated rings. The highest BCUT2D eigenvalue weighted by Gasteiger charge is 2.17. The standard InChI is InChI=1S/C11H19N3O2/c1-5-14(6-7-16-4)11-10(8-15)9(2)12-13(11)3/h8H,5-7H2,1-4H3. The Balaban J connectivity index is 3.03. The summed E-state index contributed by atoms with van der Waals surface area (Å²) >= 11 is 0. The molecule has 0 unspecified atom stereocenters. The molecule has 0 radical (unpaired) electrons. The van der Waals surface area contributed by atoms with Crippen molar-refractivity contribution >= 4 is 12.1 Å². The minimum atomic E-state index is 0.635. The number of aldehydes is 1. The highest BCUT2D eigenvalue weighted by atomic mass is 16.5. The second kappa shape index (κ2) is 5.65. The highest BCUT2D eigenvalue weighted by molar-refractivity contribution is 5.84. The average molecular weight is 225 g/mol. The van der Waals surface area contributed by atoms with Crippen LogP contribution in [0.2, 0.25) is 0 Å². The van der Waals surface area contributed by atoms with Gasteiger partial charge in [0.1, 0.15) is 5.82 Å². The zero-order chi connectivity index (χ0) is 12.1. The van der Waals surface area contributed by atoms with Gasteiger partial charge in [0, 0.05) is 27.2 Å². The zero-order valence-corrected chi connectivity index (χ0v) is 10.4. The van der Waals surface area contributed by atoms with Crippen molar-refractivity contribution in [3.05, 3.63) is 11.3 Å². The van der Waals surface area contributed by atoms with Gasteiger partial charge in [-0.3, -0.25) is 9.48 Å². The molecular weight excluding hydrogens is 206 g/mol. The highest BCUT2D eigenvalue weighted by Crippen LogP contribution is 2.20. The van der Waals surface area contributed by atoms with Crippen LogP contribution >= 0.6 is 0 Å². The molecule has 0 N–H and O–H groups in total. The van der Waals surface area contributed by atoms with Crippen LogP contribution in [0, 0.1) is 6.92 Å². The van der Waals surface area contributed by atoms with E-state index in [9.17, 15) is 4.79 Å². The number of ether oxygens (including phenoxy) is 1. The molecule has 16 heavy (non-hydrogen) atoms. The first-order valence-electron chi connectivity index (χ1n) is 5.38. The second-order valence-corrected chi connectivity index (χ2v) is 3.64. The number of hydrogen-bond donors (Lipinski definition) is 0. The third kappa shape index (κ3) is 2.41. The number of carbonyl (C=O) groups excluding carboxylic acids is 1. The molecule has 0 atom stereocenters. The van der Waals surface area contributed by atoms with Crippen LogP contribution in [-0.2, 0) is 11.8 Å². The van der Waals surface area contributed by atoms with Gasteiger partial charge in [-0.1, -0.05) is 0 Å². The Bertz CT molecular complexity index is 360. The normalized spacial score (nSPS) is 10.5. The van der Waals surface area contributed by atoms with Crippen molar-refractivity contribution in [3.8, 4) is 0 Å². The number of anilines is 1. The van der Waals surface area contributed by atoms with Crippen LogP contribution in [0.25, 0.3) is 0 Å². The first kappa shape index (κ1) is 12.7. The van der Waals surface area contributed by atoms with Gasteiger partial charge in [-0.15, -0.1) is 0 Å². The molecule has 5 heteroatoms. The molecule has 1 aromatic heterocycles. The van der Waals surface area contributed by atoms with E-state index in [0.717, 1.165) is 30.9 Å². The Hall–Kier alpha value is -1.36. The van der Waals surface area contributed by atoms with E-state index in [4.69, 9.17) is 4.74 Å². The Morgan fingerprint density at radius 2 is 2.25 bits per heavy atom. The van der Waals surface area contributed by atoms with Gasteiger partial charge in [0.25, 0.3) is 0 Å². The van der Waals surface area contributed by atoms with E-state index in [0.29, 0.717) is 12.2 Å². The fraction of sp³-hybridized carbons (Fsp3) is 0.636. The molecular formula is C11H19N3O2. The van der Waals surface area contributed by atoms with E-state index in [1.807, 2.05) is 20.9 Å². The minimum absolute atomic E-state index is 0.635. The predicted molar refractivity (Wildman–Crippen MR) is 63.1 cm³/mol. The predicted octanol–water partition coefficient (Wildman–Crippen LogP) is 1.01. The van der Waals surface area contributed by atoms with Crippen LogP contribution < -0.4 is 4.90 Å². The van der Waals surface area contributed by atoms with Crippen molar-refractivity contribution in [1.82, 2.24) is 9.78 Å². The summed E-state index contributed by atoms with van der Waals surface area (Å²) in [4.78, 5) is 13.1. The third-order valence-electron chi connectivity index (χ3n) is 2.60. The summed E-state index contributed by atoms with van der Waals surface area (Å²) in [6, 6.07) is 0. The molecule has 5 nitrogen and oxygen atoms in total. The summed E-state index contributed by atoms with van der Waals surface area (Å²) in [5.41, 5.74) is 1.43. The molecule has 0 saturated carbocycles. The summed E-state index contributed by atoms with van der Waals surface area (Å²) in [5.74, 6) is 0.868. The Labute approximate surface area is 96.0 Å². The molecule has 0 saturated heterocycles. The summed E-state index contributed by atoms with van der Waals surface area (Å²) in [6.07, 6.45) is 0.868. The van der Waals surface area contributed by atoms with Crippen molar-refractivity contribution in [2.75, 3.05) is 31.7 Å². The molecule has 1 aromatic rings. The van der Waals surface area contributed by atoms with Gasteiger partial charge in [0.05, 0.1) is 17.9 Å². The van der Waals surface area contributed by atoms with Crippen molar-refractivity contribution in [2.45, 2.75) is 13.8 Å². The summed E-state index contributed by atoms with van der Waals surface area (Å²) in [7, 11) is 3.52. The van der Waals surface area contributed by atoms with Gasteiger partial charge in [-0.2, -0.15) is 5.10 Å². The number of methoxy groups -OCH3 is 1. The Morgan fingerprint density at radius 1 is 1.56 bits per heavy atom. The lowest BCUT2D eigenvalue weighted by molar-refractivity contribution is 0.112. The van der Waals surface area contributed by atoms with Crippen molar-refractivity contribution in [3.63, 3.8) is 0 Å². The topological polar surface area (TPSA) is 47.4 Å².